The quantitative estimate of drug-likeness (QED) is 0.449. The van der Waals surface area contributed by atoms with Crippen molar-refractivity contribution in [2.24, 2.45) is 34.5 Å². The van der Waals surface area contributed by atoms with Crippen LogP contribution in [-0.2, 0) is 9.47 Å². The summed E-state index contributed by atoms with van der Waals surface area (Å²) in [6, 6.07) is 0. The molecule has 0 aromatic heterocycles. The van der Waals surface area contributed by atoms with Gasteiger partial charge in [0.15, 0.2) is 0 Å². The topological polar surface area (TPSA) is 38.7 Å². The van der Waals surface area contributed by atoms with E-state index in [1.807, 2.05) is 13.0 Å². The van der Waals surface area contributed by atoms with Crippen molar-refractivity contribution in [3.63, 3.8) is 0 Å². The molecule has 8 atom stereocenters. The molecule has 3 nitrogen and oxygen atoms in total. The van der Waals surface area contributed by atoms with E-state index in [0.717, 1.165) is 24.2 Å². The molecule has 3 saturated carbocycles. The summed E-state index contributed by atoms with van der Waals surface area (Å²) in [5.74, 6) is 8.79. The Labute approximate surface area is 164 Å². The molecule has 3 fully saturated rings. The van der Waals surface area contributed by atoms with Gasteiger partial charge in [0.05, 0.1) is 6.10 Å². The molecule has 0 bridgehead atoms. The maximum Gasteiger partial charge on any atom is 0.146 e. The fourth-order valence-electron chi connectivity index (χ4n) is 7.50. The predicted molar refractivity (Wildman–Crippen MR) is 107 cm³/mol. The van der Waals surface area contributed by atoms with Crippen LogP contribution >= 0.6 is 0 Å². The van der Waals surface area contributed by atoms with E-state index in [1.54, 1.807) is 7.11 Å². The molecule has 0 saturated heterocycles. The maximum absolute atomic E-state index is 10.8. The number of fused-ring (bicyclic) bond motifs is 5. The second kappa shape index (κ2) is 6.90. The molecule has 4 aliphatic rings. The molecular weight excluding hydrogens is 336 g/mol. The molecule has 1 N–H and O–H groups in total. The standard InChI is InChI=1S/C24H36O3/c1-5-11-24(25)14-13-22(2)17(15-24)6-7-18-19-8-9-21(27-16-26-4)23(19,3)12-10-20(18)22/h13-14,17-21,25H,6-10,12,15-16H2,1-4H3/t17?,18-,19-,20+,21?,22-,23-,24?/m0/s1. The van der Waals surface area contributed by atoms with Crippen molar-refractivity contribution >= 4 is 0 Å². The lowest BCUT2D eigenvalue weighted by molar-refractivity contribution is -0.145. The lowest BCUT2D eigenvalue weighted by Crippen LogP contribution is -2.54. The van der Waals surface area contributed by atoms with Crippen LogP contribution in [0.2, 0.25) is 0 Å². The van der Waals surface area contributed by atoms with Crippen molar-refractivity contribution in [2.45, 2.75) is 77.4 Å². The summed E-state index contributed by atoms with van der Waals surface area (Å²) in [6.45, 7) is 7.17. The van der Waals surface area contributed by atoms with Gasteiger partial charge in [-0.1, -0.05) is 25.8 Å². The van der Waals surface area contributed by atoms with Gasteiger partial charge < -0.3 is 14.6 Å². The molecule has 0 radical (unpaired) electrons. The third-order valence-corrected chi connectivity index (χ3v) is 8.88. The van der Waals surface area contributed by atoms with Gasteiger partial charge in [0.2, 0.25) is 0 Å². The summed E-state index contributed by atoms with van der Waals surface area (Å²) < 4.78 is 11.3. The summed E-state index contributed by atoms with van der Waals surface area (Å²) in [6.07, 6.45) is 13.0. The Morgan fingerprint density at radius 3 is 2.63 bits per heavy atom. The summed E-state index contributed by atoms with van der Waals surface area (Å²) >= 11 is 0. The second-order valence-corrected chi connectivity index (χ2v) is 10.0. The highest BCUT2D eigenvalue weighted by Crippen LogP contribution is 2.66. The lowest BCUT2D eigenvalue weighted by Gasteiger charge is -2.59. The number of aliphatic hydroxyl groups is 1. The van der Waals surface area contributed by atoms with E-state index >= 15 is 0 Å². The highest BCUT2D eigenvalue weighted by molar-refractivity contribution is 5.29. The molecule has 0 heterocycles. The highest BCUT2D eigenvalue weighted by Gasteiger charge is 2.60. The summed E-state index contributed by atoms with van der Waals surface area (Å²) in [7, 11) is 1.72. The average molecular weight is 373 g/mol. The largest absolute Gasteiger partial charge is 0.374 e. The monoisotopic (exact) mass is 372 g/mol. The predicted octanol–water partition coefficient (Wildman–Crippen LogP) is 4.55. The number of ether oxygens (including phenoxy) is 2. The van der Waals surface area contributed by atoms with Gasteiger partial charge in [-0.15, -0.1) is 5.92 Å². The third-order valence-electron chi connectivity index (χ3n) is 8.88. The van der Waals surface area contributed by atoms with E-state index in [2.05, 4.69) is 31.8 Å². The van der Waals surface area contributed by atoms with Crippen molar-refractivity contribution < 1.29 is 14.6 Å². The van der Waals surface area contributed by atoms with Gasteiger partial charge in [-0.05, 0) is 92.4 Å². The lowest BCUT2D eigenvalue weighted by atomic mass is 9.46. The maximum atomic E-state index is 10.8. The van der Waals surface area contributed by atoms with Gasteiger partial charge in [0, 0.05) is 7.11 Å². The molecule has 3 unspecified atom stereocenters. The minimum atomic E-state index is -0.915. The number of allylic oxidation sites excluding steroid dienone is 1. The van der Waals surface area contributed by atoms with Crippen LogP contribution in [0.5, 0.6) is 0 Å². The molecule has 0 amide bonds. The van der Waals surface area contributed by atoms with Crippen LogP contribution in [0, 0.1) is 46.3 Å². The molecule has 0 spiro atoms. The van der Waals surface area contributed by atoms with E-state index in [-0.39, 0.29) is 5.41 Å². The number of rotatable bonds is 3. The molecule has 4 aliphatic carbocycles. The highest BCUT2D eigenvalue weighted by atomic mass is 16.7. The van der Waals surface area contributed by atoms with E-state index in [9.17, 15) is 5.11 Å². The van der Waals surface area contributed by atoms with Gasteiger partial charge in [0.25, 0.3) is 0 Å². The van der Waals surface area contributed by atoms with Crippen molar-refractivity contribution in [1.82, 2.24) is 0 Å². The van der Waals surface area contributed by atoms with Crippen LogP contribution in [-0.4, -0.2) is 30.7 Å². The molecule has 150 valence electrons. The van der Waals surface area contributed by atoms with Gasteiger partial charge >= 0.3 is 0 Å². The van der Waals surface area contributed by atoms with Crippen LogP contribution in [0.15, 0.2) is 12.2 Å². The van der Waals surface area contributed by atoms with Crippen molar-refractivity contribution in [3.05, 3.63) is 12.2 Å². The zero-order valence-electron chi connectivity index (χ0n) is 17.5. The first kappa shape index (κ1) is 19.5. The van der Waals surface area contributed by atoms with Crippen LogP contribution in [0.4, 0.5) is 0 Å². The van der Waals surface area contributed by atoms with E-state index in [4.69, 9.17) is 9.47 Å². The summed E-state index contributed by atoms with van der Waals surface area (Å²) in [4.78, 5) is 0. The van der Waals surface area contributed by atoms with E-state index in [0.29, 0.717) is 24.2 Å². The van der Waals surface area contributed by atoms with Crippen molar-refractivity contribution in [1.29, 1.82) is 0 Å². The van der Waals surface area contributed by atoms with E-state index in [1.165, 1.54) is 38.5 Å². The molecule has 3 heteroatoms. The number of hydrogen-bond donors (Lipinski definition) is 1. The fraction of sp³-hybridized carbons (Fsp3) is 0.833. The van der Waals surface area contributed by atoms with Crippen LogP contribution in [0.25, 0.3) is 0 Å². The van der Waals surface area contributed by atoms with Crippen LogP contribution in [0.3, 0.4) is 0 Å². The molecular formula is C24H36O3. The smallest absolute Gasteiger partial charge is 0.146 e. The normalized spacial score (nSPS) is 50.9. The molecule has 0 aromatic rings. The summed E-state index contributed by atoms with van der Waals surface area (Å²) in [5.41, 5.74) is -0.408. The van der Waals surface area contributed by atoms with Gasteiger partial charge in [-0.2, -0.15) is 0 Å². The SMILES string of the molecule is CC#CC1(O)C=C[C@@]2(C)C(CC[C@@H]3[C@H]2CC[C@]2(C)C(OCOC)CC[C@@H]32)C1. The molecule has 27 heavy (non-hydrogen) atoms. The Balaban J connectivity index is 1.58. The van der Waals surface area contributed by atoms with E-state index < -0.39 is 5.60 Å². The first-order chi connectivity index (χ1) is 12.9. The Bertz CT molecular complexity index is 660. The van der Waals surface area contributed by atoms with Crippen molar-refractivity contribution in [3.8, 4) is 11.8 Å². The fourth-order valence-corrected chi connectivity index (χ4v) is 7.50. The Kier molecular flexibility index (Phi) is 4.98. The molecule has 0 aliphatic heterocycles. The molecule has 0 aromatic carbocycles. The van der Waals surface area contributed by atoms with Gasteiger partial charge in [-0.3, -0.25) is 0 Å². The Morgan fingerprint density at radius 2 is 1.89 bits per heavy atom. The first-order valence-corrected chi connectivity index (χ1v) is 10.8. The minimum absolute atomic E-state index is 0.206. The first-order valence-electron chi connectivity index (χ1n) is 10.8. The zero-order chi connectivity index (χ0) is 19.3. The number of hydrogen-bond acceptors (Lipinski definition) is 3. The van der Waals surface area contributed by atoms with Gasteiger partial charge in [0.1, 0.15) is 12.4 Å². The van der Waals surface area contributed by atoms with Crippen LogP contribution < -0.4 is 0 Å². The number of methoxy groups -OCH3 is 1. The third kappa shape index (κ3) is 3.00. The summed E-state index contributed by atoms with van der Waals surface area (Å²) in [5, 5.41) is 10.8. The van der Waals surface area contributed by atoms with Gasteiger partial charge in [-0.25, -0.2) is 0 Å². The molecule has 4 rings (SSSR count). The Morgan fingerprint density at radius 1 is 1.07 bits per heavy atom. The zero-order valence-corrected chi connectivity index (χ0v) is 17.5. The Hall–Kier alpha value is -0.820. The minimum Gasteiger partial charge on any atom is -0.374 e. The van der Waals surface area contributed by atoms with Crippen LogP contribution in [0.1, 0.15) is 65.7 Å². The second-order valence-electron chi connectivity index (χ2n) is 10.0. The van der Waals surface area contributed by atoms with Crippen molar-refractivity contribution in [2.75, 3.05) is 13.9 Å². The average Bonchev–Trinajstić information content (AvgIpc) is 2.97.